The Balaban J connectivity index is 2.37. The van der Waals surface area contributed by atoms with E-state index in [-0.39, 0.29) is 11.4 Å². The standard InChI is InChI=1S/C18H15NO4/c1-2-22-16-15(13-9-5-3-6-10-13)17(20)23-18(21)19(16)14-11-7-4-8-12-14/h3-12H,2H2,1H3. The Bertz CT molecular complexity index is 839. The monoisotopic (exact) mass is 309 g/mol. The van der Waals surface area contributed by atoms with Crippen molar-refractivity contribution >= 4 is 0 Å². The molecule has 5 heteroatoms. The lowest BCUT2D eigenvalue weighted by molar-refractivity contribution is 0.299. The topological polar surface area (TPSA) is 61.4 Å². The van der Waals surface area contributed by atoms with E-state index in [0.717, 1.165) is 0 Å². The molecule has 2 aromatic carbocycles. The highest BCUT2D eigenvalue weighted by Gasteiger charge is 2.20. The van der Waals surface area contributed by atoms with Crippen LogP contribution in [-0.4, -0.2) is 11.2 Å². The first-order valence-electron chi connectivity index (χ1n) is 7.26. The Hall–Kier alpha value is -3.08. The van der Waals surface area contributed by atoms with Crippen molar-refractivity contribution in [3.8, 4) is 22.7 Å². The maximum absolute atomic E-state index is 12.3. The van der Waals surface area contributed by atoms with Gasteiger partial charge in [-0.05, 0) is 24.6 Å². The highest BCUT2D eigenvalue weighted by atomic mass is 16.5. The zero-order valence-electron chi connectivity index (χ0n) is 12.6. The molecule has 116 valence electrons. The van der Waals surface area contributed by atoms with Crippen molar-refractivity contribution in [2.24, 2.45) is 0 Å². The average molecular weight is 309 g/mol. The van der Waals surface area contributed by atoms with Gasteiger partial charge >= 0.3 is 11.4 Å². The fourth-order valence-electron chi connectivity index (χ4n) is 2.38. The van der Waals surface area contributed by atoms with Crippen LogP contribution in [0.2, 0.25) is 0 Å². The Morgan fingerprint density at radius 2 is 1.57 bits per heavy atom. The first-order valence-corrected chi connectivity index (χ1v) is 7.26. The predicted molar refractivity (Wildman–Crippen MR) is 87.2 cm³/mol. The molecule has 0 amide bonds. The third-order valence-corrected chi connectivity index (χ3v) is 3.34. The lowest BCUT2D eigenvalue weighted by Gasteiger charge is -2.15. The van der Waals surface area contributed by atoms with Gasteiger partial charge in [-0.15, -0.1) is 0 Å². The lowest BCUT2D eigenvalue weighted by atomic mass is 10.1. The molecular weight excluding hydrogens is 294 g/mol. The smallest absolute Gasteiger partial charge is 0.429 e. The Morgan fingerprint density at radius 1 is 0.957 bits per heavy atom. The molecule has 0 unspecified atom stereocenters. The maximum atomic E-state index is 12.3. The molecule has 0 radical (unpaired) electrons. The van der Waals surface area contributed by atoms with Crippen LogP contribution >= 0.6 is 0 Å². The molecule has 0 fully saturated rings. The van der Waals surface area contributed by atoms with Crippen molar-refractivity contribution in [3.05, 3.63) is 81.6 Å². The van der Waals surface area contributed by atoms with Crippen molar-refractivity contribution in [3.63, 3.8) is 0 Å². The van der Waals surface area contributed by atoms with E-state index in [0.29, 0.717) is 17.9 Å². The van der Waals surface area contributed by atoms with Crippen molar-refractivity contribution in [2.75, 3.05) is 6.61 Å². The molecule has 0 spiro atoms. The van der Waals surface area contributed by atoms with Gasteiger partial charge in [-0.25, -0.2) is 14.2 Å². The second-order valence-corrected chi connectivity index (χ2v) is 4.81. The van der Waals surface area contributed by atoms with E-state index in [4.69, 9.17) is 9.15 Å². The second-order valence-electron chi connectivity index (χ2n) is 4.81. The van der Waals surface area contributed by atoms with Gasteiger partial charge in [0.1, 0.15) is 5.56 Å². The van der Waals surface area contributed by atoms with E-state index >= 15 is 0 Å². The van der Waals surface area contributed by atoms with Crippen molar-refractivity contribution < 1.29 is 9.15 Å². The van der Waals surface area contributed by atoms with Crippen LogP contribution in [0.4, 0.5) is 0 Å². The summed E-state index contributed by atoms with van der Waals surface area (Å²) < 4.78 is 11.8. The summed E-state index contributed by atoms with van der Waals surface area (Å²) in [6.07, 6.45) is 0. The normalized spacial score (nSPS) is 10.5. The summed E-state index contributed by atoms with van der Waals surface area (Å²) >= 11 is 0. The summed E-state index contributed by atoms with van der Waals surface area (Å²) in [5.74, 6) is -0.588. The summed E-state index contributed by atoms with van der Waals surface area (Å²) in [5.41, 5.74) is 0.726. The van der Waals surface area contributed by atoms with Gasteiger partial charge < -0.3 is 9.15 Å². The van der Waals surface area contributed by atoms with Crippen LogP contribution in [0.15, 0.2) is 74.7 Å². The minimum atomic E-state index is -0.774. The van der Waals surface area contributed by atoms with Crippen molar-refractivity contribution in [1.29, 1.82) is 0 Å². The quantitative estimate of drug-likeness (QED) is 0.743. The third-order valence-electron chi connectivity index (χ3n) is 3.34. The molecule has 0 atom stereocenters. The maximum Gasteiger partial charge on any atom is 0.429 e. The van der Waals surface area contributed by atoms with Gasteiger partial charge in [-0.2, -0.15) is 0 Å². The fourth-order valence-corrected chi connectivity index (χ4v) is 2.38. The number of benzene rings is 2. The van der Waals surface area contributed by atoms with Crippen LogP contribution in [0, 0.1) is 0 Å². The molecule has 5 nitrogen and oxygen atoms in total. The minimum Gasteiger partial charge on any atom is -0.478 e. The van der Waals surface area contributed by atoms with Crippen LogP contribution in [-0.2, 0) is 0 Å². The van der Waals surface area contributed by atoms with Gasteiger partial charge in [-0.1, -0.05) is 48.5 Å². The molecular formula is C18H15NO4. The molecule has 1 aromatic heterocycles. The molecule has 0 aliphatic carbocycles. The summed E-state index contributed by atoms with van der Waals surface area (Å²) in [6, 6.07) is 17.9. The average Bonchev–Trinajstić information content (AvgIpc) is 2.57. The number of para-hydroxylation sites is 1. The van der Waals surface area contributed by atoms with Crippen molar-refractivity contribution in [1.82, 2.24) is 4.57 Å². The molecule has 0 aliphatic heterocycles. The lowest BCUT2D eigenvalue weighted by Crippen LogP contribution is -2.26. The van der Waals surface area contributed by atoms with E-state index in [2.05, 4.69) is 0 Å². The van der Waals surface area contributed by atoms with Gasteiger partial charge in [0.05, 0.1) is 12.3 Å². The van der Waals surface area contributed by atoms with Crippen molar-refractivity contribution in [2.45, 2.75) is 6.92 Å². The van der Waals surface area contributed by atoms with Gasteiger partial charge in [0.2, 0.25) is 5.88 Å². The minimum absolute atomic E-state index is 0.186. The second kappa shape index (κ2) is 6.36. The number of hydrogen-bond donors (Lipinski definition) is 0. The third kappa shape index (κ3) is 2.81. The Morgan fingerprint density at radius 3 is 2.17 bits per heavy atom. The molecule has 0 N–H and O–H groups in total. The van der Waals surface area contributed by atoms with E-state index < -0.39 is 11.4 Å². The Kier molecular flexibility index (Phi) is 4.10. The van der Waals surface area contributed by atoms with Gasteiger partial charge in [0.25, 0.3) is 0 Å². The fraction of sp³-hybridized carbons (Fsp3) is 0.111. The zero-order chi connectivity index (χ0) is 16.2. The van der Waals surface area contributed by atoms with Gasteiger partial charge in [0, 0.05) is 0 Å². The number of hydrogen-bond acceptors (Lipinski definition) is 4. The number of nitrogens with zero attached hydrogens (tertiary/aromatic N) is 1. The molecule has 3 aromatic rings. The number of ether oxygens (including phenoxy) is 1. The Labute approximate surface area is 132 Å². The summed E-state index contributed by atoms with van der Waals surface area (Å²) in [7, 11) is 0. The largest absolute Gasteiger partial charge is 0.478 e. The molecule has 0 aliphatic rings. The molecule has 23 heavy (non-hydrogen) atoms. The van der Waals surface area contributed by atoms with Crippen LogP contribution in [0.3, 0.4) is 0 Å². The highest BCUT2D eigenvalue weighted by Crippen LogP contribution is 2.27. The molecule has 0 bridgehead atoms. The van der Waals surface area contributed by atoms with Gasteiger partial charge in [0.15, 0.2) is 0 Å². The van der Waals surface area contributed by atoms with Crippen LogP contribution in [0.25, 0.3) is 16.8 Å². The molecule has 1 heterocycles. The van der Waals surface area contributed by atoms with E-state index in [1.807, 2.05) is 24.3 Å². The molecule has 0 saturated heterocycles. The summed E-state index contributed by atoms with van der Waals surface area (Å²) in [6.45, 7) is 2.11. The van der Waals surface area contributed by atoms with E-state index in [1.165, 1.54) is 4.57 Å². The van der Waals surface area contributed by atoms with Crippen LogP contribution in [0.1, 0.15) is 6.92 Å². The predicted octanol–water partition coefficient (Wildman–Crippen LogP) is 2.86. The molecule has 3 rings (SSSR count). The van der Waals surface area contributed by atoms with E-state index in [1.54, 1.807) is 43.3 Å². The summed E-state index contributed by atoms with van der Waals surface area (Å²) in [4.78, 5) is 24.5. The van der Waals surface area contributed by atoms with Gasteiger partial charge in [-0.3, -0.25) is 0 Å². The number of aromatic nitrogens is 1. The van der Waals surface area contributed by atoms with Crippen LogP contribution < -0.4 is 16.1 Å². The highest BCUT2D eigenvalue weighted by molar-refractivity contribution is 5.68. The van der Waals surface area contributed by atoms with Crippen LogP contribution in [0.5, 0.6) is 5.88 Å². The summed E-state index contributed by atoms with van der Waals surface area (Å²) in [5, 5.41) is 0. The SMILES string of the molecule is CCOc1c(-c2ccccc2)c(=O)oc(=O)n1-c1ccccc1. The first kappa shape index (κ1) is 14.8. The van der Waals surface area contributed by atoms with E-state index in [9.17, 15) is 9.59 Å². The zero-order valence-corrected chi connectivity index (χ0v) is 12.6. The molecule has 0 saturated carbocycles. The number of rotatable bonds is 4. The first-order chi connectivity index (χ1) is 11.2.